The number of hydrogen-bond donors (Lipinski definition) is 1. The van der Waals surface area contributed by atoms with Gasteiger partial charge in [-0.15, -0.1) is 0 Å². The standard InChI is InChI=1S/C27H45BN2O5/c1-10-15-21(30(9)24(32)33-25(2,3)4)23(31)29-22(19-14-18-20-16-12-11-13-17-20)28-34-26(5,6)27(7,8)35-28/h11-13,16-17,21-22H,10,14-15,18-19H2,1-9H3,(H,29,31). The van der Waals surface area contributed by atoms with E-state index in [1.165, 1.54) is 10.5 Å². The quantitative estimate of drug-likeness (QED) is 0.461. The first-order valence-electron chi connectivity index (χ1n) is 12.8. The van der Waals surface area contributed by atoms with Gasteiger partial charge in [-0.05, 0) is 79.7 Å². The van der Waals surface area contributed by atoms with Crippen LogP contribution in [0.2, 0.25) is 0 Å². The third-order valence-corrected chi connectivity index (χ3v) is 6.76. The fourth-order valence-electron chi connectivity index (χ4n) is 4.01. The van der Waals surface area contributed by atoms with Crippen LogP contribution in [0.4, 0.5) is 4.79 Å². The maximum absolute atomic E-state index is 13.5. The summed E-state index contributed by atoms with van der Waals surface area (Å²) in [5.74, 6) is -0.571. The Hall–Kier alpha value is -2.06. The van der Waals surface area contributed by atoms with Gasteiger partial charge in [0.1, 0.15) is 11.6 Å². The average Bonchev–Trinajstić information content (AvgIpc) is 2.97. The molecule has 1 fully saturated rings. The summed E-state index contributed by atoms with van der Waals surface area (Å²) in [5, 5.41) is 3.17. The van der Waals surface area contributed by atoms with Crippen LogP contribution in [0.3, 0.4) is 0 Å². The number of ether oxygens (including phenoxy) is 1. The van der Waals surface area contributed by atoms with Crippen molar-refractivity contribution in [2.45, 2.75) is 116 Å². The number of carbonyl (C=O) groups excluding carboxylic acids is 2. The number of benzene rings is 1. The van der Waals surface area contributed by atoms with E-state index in [2.05, 4.69) is 17.4 Å². The maximum Gasteiger partial charge on any atom is 0.481 e. The third-order valence-electron chi connectivity index (χ3n) is 6.76. The predicted octanol–water partition coefficient (Wildman–Crippen LogP) is 5.16. The Morgan fingerprint density at radius 1 is 1.06 bits per heavy atom. The largest absolute Gasteiger partial charge is 0.481 e. The number of nitrogens with zero attached hydrogens (tertiary/aromatic N) is 1. The van der Waals surface area contributed by atoms with E-state index in [-0.39, 0.29) is 11.8 Å². The molecule has 8 heteroatoms. The molecule has 1 saturated heterocycles. The summed E-state index contributed by atoms with van der Waals surface area (Å²) >= 11 is 0. The summed E-state index contributed by atoms with van der Waals surface area (Å²) in [4.78, 5) is 27.6. The van der Waals surface area contributed by atoms with Crippen molar-refractivity contribution in [1.29, 1.82) is 0 Å². The molecule has 7 nitrogen and oxygen atoms in total. The van der Waals surface area contributed by atoms with E-state index in [9.17, 15) is 9.59 Å². The van der Waals surface area contributed by atoms with Crippen LogP contribution < -0.4 is 5.32 Å². The molecule has 2 rings (SSSR count). The van der Waals surface area contributed by atoms with Crippen molar-refractivity contribution < 1.29 is 23.6 Å². The van der Waals surface area contributed by atoms with Crippen molar-refractivity contribution in [3.05, 3.63) is 35.9 Å². The summed E-state index contributed by atoms with van der Waals surface area (Å²) in [5.41, 5.74) is -0.395. The Kier molecular flexibility index (Phi) is 9.83. The van der Waals surface area contributed by atoms with E-state index in [4.69, 9.17) is 14.0 Å². The number of carbonyl (C=O) groups is 2. The number of rotatable bonds is 10. The molecule has 1 aliphatic rings. The third kappa shape index (κ3) is 8.24. The van der Waals surface area contributed by atoms with E-state index in [1.807, 2.05) is 73.6 Å². The Morgan fingerprint density at radius 3 is 2.14 bits per heavy atom. The molecule has 0 radical (unpaired) electrons. The lowest BCUT2D eigenvalue weighted by Gasteiger charge is -2.32. The van der Waals surface area contributed by atoms with Gasteiger partial charge in [-0.3, -0.25) is 9.69 Å². The number of amides is 2. The Labute approximate surface area is 212 Å². The molecule has 1 aromatic rings. The smallest absolute Gasteiger partial charge is 0.444 e. The van der Waals surface area contributed by atoms with Crippen molar-refractivity contribution >= 4 is 19.1 Å². The Balaban J connectivity index is 2.17. The zero-order chi connectivity index (χ0) is 26.4. The van der Waals surface area contributed by atoms with Gasteiger partial charge in [0.15, 0.2) is 0 Å². The van der Waals surface area contributed by atoms with Gasteiger partial charge in [0.2, 0.25) is 5.91 Å². The maximum atomic E-state index is 13.5. The first-order chi connectivity index (χ1) is 16.2. The average molecular weight is 488 g/mol. The summed E-state index contributed by atoms with van der Waals surface area (Å²) in [6.07, 6.45) is 3.21. The van der Waals surface area contributed by atoms with Crippen LogP contribution in [0.15, 0.2) is 30.3 Å². The number of likely N-dealkylation sites (N-methyl/N-ethyl adjacent to an activating group) is 1. The minimum Gasteiger partial charge on any atom is -0.444 e. The number of hydrogen-bond acceptors (Lipinski definition) is 5. The van der Waals surface area contributed by atoms with E-state index >= 15 is 0 Å². The normalized spacial score (nSPS) is 18.6. The van der Waals surface area contributed by atoms with Crippen molar-refractivity contribution in [2.75, 3.05) is 7.05 Å². The molecule has 1 N–H and O–H groups in total. The minimum atomic E-state index is -0.645. The topological polar surface area (TPSA) is 77.1 Å². The van der Waals surface area contributed by atoms with Crippen LogP contribution in [0, 0.1) is 0 Å². The summed E-state index contributed by atoms with van der Waals surface area (Å²) < 4.78 is 18.1. The lowest BCUT2D eigenvalue weighted by molar-refractivity contribution is -0.126. The highest BCUT2D eigenvalue weighted by atomic mass is 16.7. The van der Waals surface area contributed by atoms with Crippen LogP contribution >= 0.6 is 0 Å². The molecular weight excluding hydrogens is 443 g/mol. The zero-order valence-corrected chi connectivity index (χ0v) is 23.1. The van der Waals surface area contributed by atoms with E-state index in [0.29, 0.717) is 12.8 Å². The van der Waals surface area contributed by atoms with Gasteiger partial charge >= 0.3 is 13.2 Å². The van der Waals surface area contributed by atoms with Crippen molar-refractivity contribution in [3.8, 4) is 0 Å². The molecule has 35 heavy (non-hydrogen) atoms. The van der Waals surface area contributed by atoms with Crippen LogP contribution in [0.5, 0.6) is 0 Å². The molecule has 1 heterocycles. The summed E-state index contributed by atoms with van der Waals surface area (Å²) in [7, 11) is 1.04. The van der Waals surface area contributed by atoms with Gasteiger partial charge in [-0.25, -0.2) is 4.79 Å². The minimum absolute atomic E-state index is 0.223. The SMILES string of the molecule is CCCC(C(=O)NC(CCCc1ccccc1)B1OC(C)(C)C(C)(C)O1)N(C)C(=O)OC(C)(C)C. The summed E-state index contributed by atoms with van der Waals surface area (Å²) in [6.45, 7) is 15.5. The first-order valence-corrected chi connectivity index (χ1v) is 12.8. The highest BCUT2D eigenvalue weighted by Crippen LogP contribution is 2.38. The van der Waals surface area contributed by atoms with Crippen LogP contribution in [0.1, 0.15) is 86.6 Å². The molecule has 0 aromatic heterocycles. The fraction of sp³-hybridized carbons (Fsp3) is 0.704. The number of nitrogens with one attached hydrogen (secondary N) is 1. The molecule has 1 aliphatic heterocycles. The Bertz CT molecular complexity index is 822. The first kappa shape index (κ1) is 29.2. The Morgan fingerprint density at radius 2 is 1.63 bits per heavy atom. The molecular formula is C27H45BN2O5. The van der Waals surface area contributed by atoms with Gasteiger partial charge in [-0.2, -0.15) is 0 Å². The van der Waals surface area contributed by atoms with Crippen molar-refractivity contribution in [3.63, 3.8) is 0 Å². The molecule has 2 amide bonds. The van der Waals surface area contributed by atoms with Gasteiger partial charge in [-0.1, -0.05) is 43.7 Å². The zero-order valence-electron chi connectivity index (χ0n) is 23.1. The van der Waals surface area contributed by atoms with Crippen molar-refractivity contribution in [1.82, 2.24) is 10.2 Å². The second kappa shape index (κ2) is 11.8. The summed E-state index contributed by atoms with van der Waals surface area (Å²) in [6, 6.07) is 9.64. The van der Waals surface area contributed by atoms with E-state index in [0.717, 1.165) is 19.3 Å². The van der Waals surface area contributed by atoms with Crippen LogP contribution in [-0.2, 0) is 25.3 Å². The van der Waals surface area contributed by atoms with Crippen LogP contribution in [-0.4, -0.2) is 59.9 Å². The highest BCUT2D eigenvalue weighted by Gasteiger charge is 2.54. The highest BCUT2D eigenvalue weighted by molar-refractivity contribution is 6.48. The van der Waals surface area contributed by atoms with E-state index < -0.39 is 36.1 Å². The van der Waals surface area contributed by atoms with Gasteiger partial charge < -0.3 is 19.4 Å². The van der Waals surface area contributed by atoms with Gasteiger partial charge in [0.25, 0.3) is 0 Å². The van der Waals surface area contributed by atoms with Crippen molar-refractivity contribution in [2.24, 2.45) is 0 Å². The lowest BCUT2D eigenvalue weighted by Crippen LogP contribution is -2.55. The molecule has 0 aliphatic carbocycles. The second-order valence-electron chi connectivity index (χ2n) is 11.5. The molecule has 1 aromatic carbocycles. The molecule has 0 saturated carbocycles. The van der Waals surface area contributed by atoms with E-state index in [1.54, 1.807) is 7.05 Å². The molecule has 196 valence electrons. The van der Waals surface area contributed by atoms with Gasteiger partial charge in [0.05, 0.1) is 17.1 Å². The predicted molar refractivity (Wildman–Crippen MR) is 140 cm³/mol. The fourth-order valence-corrected chi connectivity index (χ4v) is 4.01. The lowest BCUT2D eigenvalue weighted by atomic mass is 9.75. The molecule has 0 spiro atoms. The molecule has 2 atom stereocenters. The van der Waals surface area contributed by atoms with Gasteiger partial charge in [0, 0.05) is 7.05 Å². The second-order valence-corrected chi connectivity index (χ2v) is 11.5. The monoisotopic (exact) mass is 488 g/mol. The molecule has 0 bridgehead atoms. The molecule has 2 unspecified atom stereocenters. The number of aryl methyl sites for hydroxylation is 1. The van der Waals surface area contributed by atoms with Crippen LogP contribution in [0.25, 0.3) is 0 Å².